The molecule has 0 radical (unpaired) electrons. The highest BCUT2D eigenvalue weighted by Crippen LogP contribution is 2.40. The van der Waals surface area contributed by atoms with Gasteiger partial charge in [0, 0.05) is 5.69 Å². The van der Waals surface area contributed by atoms with E-state index in [1.165, 1.54) is 23.9 Å². The lowest BCUT2D eigenvalue weighted by Crippen LogP contribution is -2.30. The molecule has 0 unspecified atom stereocenters. The van der Waals surface area contributed by atoms with Gasteiger partial charge in [-0.15, -0.1) is 0 Å². The van der Waals surface area contributed by atoms with Crippen molar-refractivity contribution >= 4 is 17.3 Å². The first-order valence-corrected chi connectivity index (χ1v) is 8.43. The number of rotatable bonds is 4. The van der Waals surface area contributed by atoms with E-state index in [-0.39, 0.29) is 5.97 Å². The molecule has 0 aromatic heterocycles. The van der Waals surface area contributed by atoms with Gasteiger partial charge in [0.25, 0.3) is 0 Å². The minimum absolute atomic E-state index is 0.331. The van der Waals surface area contributed by atoms with E-state index in [4.69, 9.17) is 9.47 Å². The number of hydrogen-bond acceptors (Lipinski definition) is 4. The van der Waals surface area contributed by atoms with Crippen LogP contribution in [-0.4, -0.2) is 26.2 Å². The second-order valence-corrected chi connectivity index (χ2v) is 5.81. The third-order valence-corrected chi connectivity index (χ3v) is 4.48. The Kier molecular flexibility index (Phi) is 4.74. The maximum atomic E-state index is 11.9. The van der Waals surface area contributed by atoms with Crippen molar-refractivity contribution in [2.45, 2.75) is 26.7 Å². The van der Waals surface area contributed by atoms with Crippen molar-refractivity contribution < 1.29 is 14.3 Å². The SMILES string of the molecule is CCc1cccc(CC)c1N1CCOc2ccc(C(=O)OC)cc21. The third kappa shape index (κ3) is 2.84. The fraction of sp³-hybridized carbons (Fsp3) is 0.350. The maximum Gasteiger partial charge on any atom is 0.337 e. The first kappa shape index (κ1) is 16.4. The Morgan fingerprint density at radius 2 is 1.88 bits per heavy atom. The largest absolute Gasteiger partial charge is 0.490 e. The van der Waals surface area contributed by atoms with Crippen LogP contribution in [0.1, 0.15) is 35.3 Å². The van der Waals surface area contributed by atoms with E-state index in [2.05, 4.69) is 36.9 Å². The van der Waals surface area contributed by atoms with E-state index in [1.807, 2.05) is 12.1 Å². The zero-order valence-corrected chi connectivity index (χ0v) is 14.5. The van der Waals surface area contributed by atoms with E-state index < -0.39 is 0 Å². The van der Waals surface area contributed by atoms with E-state index >= 15 is 0 Å². The topological polar surface area (TPSA) is 38.8 Å². The lowest BCUT2D eigenvalue weighted by Gasteiger charge is -2.34. The standard InChI is InChI=1S/C20H23NO3/c1-4-14-7-6-8-15(5-2)19(14)21-11-12-24-18-10-9-16(13-17(18)21)20(22)23-3/h6-10,13H,4-5,11-12H2,1-3H3. The molecule has 1 heterocycles. The van der Waals surface area contributed by atoms with Crippen molar-refractivity contribution in [3.05, 3.63) is 53.1 Å². The molecule has 0 atom stereocenters. The number of hydrogen-bond donors (Lipinski definition) is 0. The van der Waals surface area contributed by atoms with Gasteiger partial charge >= 0.3 is 5.97 Å². The molecule has 2 aromatic rings. The molecule has 126 valence electrons. The summed E-state index contributed by atoms with van der Waals surface area (Å²) in [7, 11) is 1.40. The summed E-state index contributed by atoms with van der Waals surface area (Å²) >= 11 is 0. The fourth-order valence-electron chi connectivity index (χ4n) is 3.26. The summed E-state index contributed by atoms with van der Waals surface area (Å²) in [6.07, 6.45) is 1.93. The van der Waals surface area contributed by atoms with E-state index in [1.54, 1.807) is 6.07 Å². The molecule has 3 rings (SSSR count). The smallest absolute Gasteiger partial charge is 0.337 e. The van der Waals surface area contributed by atoms with E-state index in [0.29, 0.717) is 12.2 Å². The maximum absolute atomic E-state index is 11.9. The Bertz CT molecular complexity index is 732. The van der Waals surface area contributed by atoms with Crippen molar-refractivity contribution in [3.8, 4) is 5.75 Å². The minimum atomic E-state index is -0.331. The number of esters is 1. The molecule has 0 aliphatic carbocycles. The van der Waals surface area contributed by atoms with E-state index in [9.17, 15) is 4.79 Å². The van der Waals surface area contributed by atoms with Crippen molar-refractivity contribution in [3.63, 3.8) is 0 Å². The van der Waals surface area contributed by atoms with Crippen molar-refractivity contribution in [1.82, 2.24) is 0 Å². The highest BCUT2D eigenvalue weighted by molar-refractivity contribution is 5.92. The third-order valence-electron chi connectivity index (χ3n) is 4.48. The quantitative estimate of drug-likeness (QED) is 0.792. The first-order valence-electron chi connectivity index (χ1n) is 8.43. The van der Waals surface area contributed by atoms with Gasteiger partial charge in [-0.05, 0) is 42.2 Å². The number of carbonyl (C=O) groups is 1. The van der Waals surface area contributed by atoms with Gasteiger partial charge in [-0.25, -0.2) is 4.79 Å². The second-order valence-electron chi connectivity index (χ2n) is 5.81. The Hall–Kier alpha value is -2.49. The van der Waals surface area contributed by atoms with Crippen LogP contribution in [-0.2, 0) is 17.6 Å². The molecule has 1 aliphatic rings. The van der Waals surface area contributed by atoms with Crippen LogP contribution in [0.5, 0.6) is 5.75 Å². The lowest BCUT2D eigenvalue weighted by molar-refractivity contribution is 0.0600. The summed E-state index contributed by atoms with van der Waals surface area (Å²) in [5, 5.41) is 0. The van der Waals surface area contributed by atoms with Gasteiger partial charge in [-0.1, -0.05) is 32.0 Å². The van der Waals surface area contributed by atoms with Gasteiger partial charge in [-0.2, -0.15) is 0 Å². The van der Waals surface area contributed by atoms with Gasteiger partial charge in [-0.3, -0.25) is 0 Å². The summed E-state index contributed by atoms with van der Waals surface area (Å²) in [6, 6.07) is 11.9. The molecular weight excluding hydrogens is 302 g/mol. The summed E-state index contributed by atoms with van der Waals surface area (Å²) < 4.78 is 10.7. The normalized spacial score (nSPS) is 13.2. The number of anilines is 2. The fourth-order valence-corrected chi connectivity index (χ4v) is 3.26. The molecule has 4 heteroatoms. The average molecular weight is 325 g/mol. The van der Waals surface area contributed by atoms with Crippen LogP contribution in [0.2, 0.25) is 0 Å². The number of nitrogens with zero attached hydrogens (tertiary/aromatic N) is 1. The molecule has 24 heavy (non-hydrogen) atoms. The molecule has 0 spiro atoms. The Balaban J connectivity index is 2.14. The minimum Gasteiger partial charge on any atom is -0.490 e. The highest BCUT2D eigenvalue weighted by atomic mass is 16.5. The summed E-state index contributed by atoms with van der Waals surface area (Å²) in [4.78, 5) is 14.2. The molecule has 2 aromatic carbocycles. The summed E-state index contributed by atoms with van der Waals surface area (Å²) in [5.41, 5.74) is 5.34. The lowest BCUT2D eigenvalue weighted by atomic mass is 10.0. The molecule has 0 saturated carbocycles. The Morgan fingerprint density at radius 1 is 1.17 bits per heavy atom. The monoisotopic (exact) mass is 325 g/mol. The predicted octanol–water partition coefficient (Wildman–Crippen LogP) is 4.13. The molecule has 0 bridgehead atoms. The number of aryl methyl sites for hydroxylation is 2. The van der Waals surface area contributed by atoms with Gasteiger partial charge in [0.05, 0.1) is 24.9 Å². The number of benzene rings is 2. The molecule has 4 nitrogen and oxygen atoms in total. The van der Waals surface area contributed by atoms with Crippen molar-refractivity contribution in [2.75, 3.05) is 25.2 Å². The summed E-state index contributed by atoms with van der Waals surface area (Å²) in [5.74, 6) is 0.477. The zero-order chi connectivity index (χ0) is 17.1. The molecule has 0 fully saturated rings. The average Bonchev–Trinajstić information content (AvgIpc) is 2.65. The van der Waals surface area contributed by atoms with Crippen molar-refractivity contribution in [2.24, 2.45) is 0 Å². The van der Waals surface area contributed by atoms with Gasteiger partial charge in [0.15, 0.2) is 0 Å². The molecule has 0 saturated heterocycles. The number of fused-ring (bicyclic) bond motifs is 1. The number of para-hydroxylation sites is 1. The predicted molar refractivity (Wildman–Crippen MR) is 95.5 cm³/mol. The van der Waals surface area contributed by atoms with E-state index in [0.717, 1.165) is 30.8 Å². The molecule has 0 N–H and O–H groups in total. The van der Waals surface area contributed by atoms with Crippen LogP contribution < -0.4 is 9.64 Å². The number of carbonyl (C=O) groups excluding carboxylic acids is 1. The molecular formula is C20H23NO3. The molecule has 0 amide bonds. The number of ether oxygens (including phenoxy) is 2. The van der Waals surface area contributed by atoms with Crippen LogP contribution in [0, 0.1) is 0 Å². The van der Waals surface area contributed by atoms with Crippen LogP contribution in [0.4, 0.5) is 11.4 Å². The Morgan fingerprint density at radius 3 is 2.50 bits per heavy atom. The zero-order valence-electron chi connectivity index (χ0n) is 14.5. The van der Waals surface area contributed by atoms with Gasteiger partial charge in [0.2, 0.25) is 0 Å². The number of methoxy groups -OCH3 is 1. The summed E-state index contributed by atoms with van der Waals surface area (Å²) in [6.45, 7) is 5.74. The van der Waals surface area contributed by atoms with Crippen LogP contribution in [0.15, 0.2) is 36.4 Å². The molecule has 1 aliphatic heterocycles. The van der Waals surface area contributed by atoms with Crippen LogP contribution in [0.25, 0.3) is 0 Å². The Labute approximate surface area is 143 Å². The van der Waals surface area contributed by atoms with Gasteiger partial charge < -0.3 is 14.4 Å². The van der Waals surface area contributed by atoms with Crippen LogP contribution in [0.3, 0.4) is 0 Å². The van der Waals surface area contributed by atoms with Crippen LogP contribution >= 0.6 is 0 Å². The highest BCUT2D eigenvalue weighted by Gasteiger charge is 2.24. The first-order chi connectivity index (χ1) is 11.7. The second kappa shape index (κ2) is 6.95. The van der Waals surface area contributed by atoms with Gasteiger partial charge in [0.1, 0.15) is 12.4 Å². The van der Waals surface area contributed by atoms with Crippen molar-refractivity contribution in [1.29, 1.82) is 0 Å².